The van der Waals surface area contributed by atoms with Crippen molar-refractivity contribution in [1.82, 2.24) is 9.97 Å². The number of para-hydroxylation sites is 3. The molecule has 1 unspecified atom stereocenters. The first-order valence-corrected chi connectivity index (χ1v) is 8.26. The van der Waals surface area contributed by atoms with Crippen LogP contribution >= 0.6 is 0 Å². The Kier molecular flexibility index (Phi) is 3.88. The van der Waals surface area contributed by atoms with Gasteiger partial charge in [-0.05, 0) is 37.1 Å². The maximum absolute atomic E-state index is 5.93. The summed E-state index contributed by atoms with van der Waals surface area (Å²) in [5.41, 5.74) is 2.13. The van der Waals surface area contributed by atoms with Gasteiger partial charge in [0, 0.05) is 19.0 Å². The van der Waals surface area contributed by atoms with E-state index in [1.54, 1.807) is 0 Å². The molecule has 0 bridgehead atoms. The van der Waals surface area contributed by atoms with Crippen molar-refractivity contribution in [2.45, 2.75) is 12.8 Å². The largest absolute Gasteiger partial charge is 0.493 e. The van der Waals surface area contributed by atoms with Crippen molar-refractivity contribution in [3.63, 3.8) is 0 Å². The van der Waals surface area contributed by atoms with Gasteiger partial charge in [-0.3, -0.25) is 0 Å². The third kappa shape index (κ3) is 3.16. The molecule has 1 fully saturated rings. The molecule has 0 spiro atoms. The van der Waals surface area contributed by atoms with Crippen molar-refractivity contribution in [2.24, 2.45) is 5.92 Å². The number of nitrogens with zero attached hydrogens (tertiary/aromatic N) is 2. The van der Waals surface area contributed by atoms with Crippen LogP contribution in [0.15, 0.2) is 54.6 Å². The van der Waals surface area contributed by atoms with Crippen LogP contribution in [-0.2, 0) is 0 Å². The summed E-state index contributed by atoms with van der Waals surface area (Å²) in [6.07, 6.45) is 2.39. The molecule has 1 saturated heterocycles. The monoisotopic (exact) mass is 307 g/mol. The molecule has 1 aromatic heterocycles. The number of rotatable bonds is 4. The second kappa shape index (κ2) is 6.32. The predicted octanol–water partition coefficient (Wildman–Crippen LogP) is 3.86. The van der Waals surface area contributed by atoms with Crippen molar-refractivity contribution < 1.29 is 4.74 Å². The van der Waals surface area contributed by atoms with Crippen molar-refractivity contribution in [1.29, 1.82) is 0 Å². The number of anilines is 1. The van der Waals surface area contributed by atoms with E-state index >= 15 is 0 Å². The Bertz CT molecular complexity index is 735. The molecule has 1 aliphatic heterocycles. The van der Waals surface area contributed by atoms with Gasteiger partial charge in [0.15, 0.2) is 0 Å². The standard InChI is InChI=1S/C19H21N3O/c1-2-8-16(9-3-1)23-14-15-7-6-12-22(13-15)19-20-17-10-4-5-11-18(17)21-19/h1-5,8-11,15H,6-7,12-14H2,(H,20,21). The van der Waals surface area contributed by atoms with Gasteiger partial charge >= 0.3 is 0 Å². The van der Waals surface area contributed by atoms with Crippen LogP contribution in [-0.4, -0.2) is 29.7 Å². The van der Waals surface area contributed by atoms with Crippen molar-refractivity contribution >= 4 is 17.0 Å². The lowest BCUT2D eigenvalue weighted by molar-refractivity contribution is 0.228. The molecule has 1 aliphatic rings. The summed E-state index contributed by atoms with van der Waals surface area (Å²) >= 11 is 0. The number of aromatic amines is 1. The Morgan fingerprint density at radius 2 is 1.91 bits per heavy atom. The molecule has 23 heavy (non-hydrogen) atoms. The molecule has 0 radical (unpaired) electrons. The fourth-order valence-corrected chi connectivity index (χ4v) is 3.21. The minimum Gasteiger partial charge on any atom is -0.493 e. The Balaban J connectivity index is 1.42. The summed E-state index contributed by atoms with van der Waals surface area (Å²) in [6.45, 7) is 2.81. The molecule has 0 saturated carbocycles. The zero-order valence-electron chi connectivity index (χ0n) is 13.1. The highest BCUT2D eigenvalue weighted by Gasteiger charge is 2.22. The van der Waals surface area contributed by atoms with Crippen LogP contribution in [0.4, 0.5) is 5.95 Å². The van der Waals surface area contributed by atoms with E-state index in [0.717, 1.165) is 42.4 Å². The van der Waals surface area contributed by atoms with Gasteiger partial charge in [-0.25, -0.2) is 4.98 Å². The minimum atomic E-state index is 0.539. The van der Waals surface area contributed by atoms with Gasteiger partial charge in [0.05, 0.1) is 17.6 Å². The third-order valence-corrected chi connectivity index (χ3v) is 4.42. The van der Waals surface area contributed by atoms with E-state index in [1.165, 1.54) is 12.8 Å². The van der Waals surface area contributed by atoms with Gasteiger partial charge < -0.3 is 14.6 Å². The number of piperidine rings is 1. The van der Waals surface area contributed by atoms with Gasteiger partial charge in [0.25, 0.3) is 0 Å². The minimum absolute atomic E-state index is 0.539. The van der Waals surface area contributed by atoms with E-state index in [1.807, 2.05) is 42.5 Å². The summed E-state index contributed by atoms with van der Waals surface area (Å²) in [5, 5.41) is 0. The molecular weight excluding hydrogens is 286 g/mol. The van der Waals surface area contributed by atoms with Gasteiger partial charge in [0.2, 0.25) is 5.95 Å². The number of aromatic nitrogens is 2. The molecule has 1 atom stereocenters. The van der Waals surface area contributed by atoms with Crippen molar-refractivity contribution in [2.75, 3.05) is 24.6 Å². The van der Waals surface area contributed by atoms with Gasteiger partial charge in [-0.15, -0.1) is 0 Å². The number of ether oxygens (including phenoxy) is 1. The smallest absolute Gasteiger partial charge is 0.203 e. The average Bonchev–Trinajstić information content (AvgIpc) is 3.05. The van der Waals surface area contributed by atoms with E-state index < -0.39 is 0 Å². The molecule has 3 aromatic rings. The number of H-pyrrole nitrogens is 1. The van der Waals surface area contributed by atoms with Gasteiger partial charge in [-0.2, -0.15) is 0 Å². The highest BCUT2D eigenvalue weighted by molar-refractivity contribution is 5.77. The van der Waals surface area contributed by atoms with Gasteiger partial charge in [0.1, 0.15) is 5.75 Å². The Labute approximate surface area is 136 Å². The molecule has 4 nitrogen and oxygen atoms in total. The number of benzene rings is 2. The van der Waals surface area contributed by atoms with Crippen LogP contribution in [0.3, 0.4) is 0 Å². The SMILES string of the molecule is c1ccc(OCC2CCCN(c3nc4ccccc4[nH]3)C2)cc1. The fourth-order valence-electron chi connectivity index (χ4n) is 3.21. The van der Waals surface area contributed by atoms with E-state index in [-0.39, 0.29) is 0 Å². The quantitative estimate of drug-likeness (QED) is 0.796. The Hall–Kier alpha value is -2.49. The molecule has 2 heterocycles. The van der Waals surface area contributed by atoms with Crippen LogP contribution in [0.5, 0.6) is 5.75 Å². The van der Waals surface area contributed by atoms with Gasteiger partial charge in [-0.1, -0.05) is 30.3 Å². The zero-order chi connectivity index (χ0) is 15.5. The van der Waals surface area contributed by atoms with Crippen molar-refractivity contribution in [3.8, 4) is 5.75 Å². The summed E-state index contributed by atoms with van der Waals surface area (Å²) in [4.78, 5) is 10.5. The normalized spacial score (nSPS) is 18.3. The highest BCUT2D eigenvalue weighted by Crippen LogP contribution is 2.24. The third-order valence-electron chi connectivity index (χ3n) is 4.42. The first-order chi connectivity index (χ1) is 11.4. The van der Waals surface area contributed by atoms with E-state index in [2.05, 4.69) is 22.0 Å². The summed E-state index contributed by atoms with van der Waals surface area (Å²) < 4.78 is 5.93. The second-order valence-corrected chi connectivity index (χ2v) is 6.16. The molecule has 0 aliphatic carbocycles. The van der Waals surface area contributed by atoms with Crippen LogP contribution in [0.2, 0.25) is 0 Å². The van der Waals surface area contributed by atoms with Crippen molar-refractivity contribution in [3.05, 3.63) is 54.6 Å². The maximum atomic E-state index is 5.93. The lowest BCUT2D eigenvalue weighted by Crippen LogP contribution is -2.38. The first-order valence-electron chi connectivity index (χ1n) is 8.26. The zero-order valence-corrected chi connectivity index (χ0v) is 13.1. The average molecular weight is 307 g/mol. The van der Waals surface area contributed by atoms with Crippen LogP contribution in [0.1, 0.15) is 12.8 Å². The lowest BCUT2D eigenvalue weighted by atomic mass is 9.99. The number of hydrogen-bond acceptors (Lipinski definition) is 3. The number of hydrogen-bond donors (Lipinski definition) is 1. The lowest BCUT2D eigenvalue weighted by Gasteiger charge is -2.32. The van der Waals surface area contributed by atoms with E-state index in [9.17, 15) is 0 Å². The van der Waals surface area contributed by atoms with Crippen LogP contribution < -0.4 is 9.64 Å². The molecule has 118 valence electrons. The Morgan fingerprint density at radius 3 is 2.78 bits per heavy atom. The number of fused-ring (bicyclic) bond motifs is 1. The fraction of sp³-hybridized carbons (Fsp3) is 0.316. The molecule has 4 rings (SSSR count). The second-order valence-electron chi connectivity index (χ2n) is 6.16. The molecular formula is C19H21N3O. The maximum Gasteiger partial charge on any atom is 0.203 e. The summed E-state index contributed by atoms with van der Waals surface area (Å²) in [5.74, 6) is 2.47. The Morgan fingerprint density at radius 1 is 1.09 bits per heavy atom. The molecule has 4 heteroatoms. The summed E-state index contributed by atoms with van der Waals surface area (Å²) in [6, 6.07) is 18.3. The first kappa shape index (κ1) is 14.1. The summed E-state index contributed by atoms with van der Waals surface area (Å²) in [7, 11) is 0. The van der Waals surface area contributed by atoms with E-state index in [4.69, 9.17) is 9.72 Å². The molecule has 1 N–H and O–H groups in total. The van der Waals surface area contributed by atoms with Crippen LogP contribution in [0.25, 0.3) is 11.0 Å². The predicted molar refractivity (Wildman–Crippen MR) is 93.0 cm³/mol. The number of imidazole rings is 1. The number of nitrogens with one attached hydrogen (secondary N) is 1. The topological polar surface area (TPSA) is 41.1 Å². The molecule has 2 aromatic carbocycles. The molecule has 0 amide bonds. The van der Waals surface area contributed by atoms with E-state index in [0.29, 0.717) is 5.92 Å². The highest BCUT2D eigenvalue weighted by atomic mass is 16.5. The van der Waals surface area contributed by atoms with Crippen LogP contribution in [0, 0.1) is 5.92 Å².